The Balaban J connectivity index is 1.32. The van der Waals surface area contributed by atoms with E-state index in [4.69, 9.17) is 0 Å². The fraction of sp³-hybridized carbons (Fsp3) is 0.222. The Morgan fingerprint density at radius 1 is 0.692 bits per heavy atom. The lowest BCUT2D eigenvalue weighted by Crippen LogP contribution is -2.46. The molecule has 0 bridgehead atoms. The number of thioether (sulfide) groups is 1. The van der Waals surface area contributed by atoms with Crippen LogP contribution in [-0.2, 0) is 11.2 Å². The summed E-state index contributed by atoms with van der Waals surface area (Å²) in [6.45, 7) is 2.15. The van der Waals surface area contributed by atoms with Gasteiger partial charge < -0.3 is 5.32 Å². The predicted octanol–water partition coefficient (Wildman–Crippen LogP) is 7.73. The van der Waals surface area contributed by atoms with Crippen LogP contribution in [-0.4, -0.2) is 36.5 Å². The number of likely N-dealkylation sites (tertiary alicyclic amines) is 1. The molecule has 0 aromatic heterocycles. The molecule has 0 amide bonds. The molecule has 0 saturated carbocycles. The van der Waals surface area contributed by atoms with Crippen LogP contribution in [0, 0.1) is 0 Å². The van der Waals surface area contributed by atoms with E-state index in [1.165, 1.54) is 33.0 Å². The Labute approximate surface area is 237 Å². The summed E-state index contributed by atoms with van der Waals surface area (Å²) in [5, 5.41) is 6.86. The lowest BCUT2D eigenvalue weighted by atomic mass is 9.84. The molecule has 2 atom stereocenters. The number of fused-ring (bicyclic) bond motifs is 1. The zero-order valence-electron chi connectivity index (χ0n) is 22.5. The maximum Gasteiger partial charge on any atom is 0.0910 e. The van der Waals surface area contributed by atoms with E-state index in [1.54, 1.807) is 0 Å². The van der Waals surface area contributed by atoms with Gasteiger partial charge >= 0.3 is 0 Å². The third kappa shape index (κ3) is 5.15. The quantitative estimate of drug-likeness (QED) is 0.197. The van der Waals surface area contributed by atoms with Gasteiger partial charge in [0.05, 0.1) is 10.9 Å². The molecule has 6 rings (SSSR count). The minimum Gasteiger partial charge on any atom is -0.304 e. The molecule has 1 saturated heterocycles. The van der Waals surface area contributed by atoms with Crippen LogP contribution in [0.25, 0.3) is 10.8 Å². The van der Waals surface area contributed by atoms with Crippen LogP contribution in [0.2, 0.25) is 0 Å². The zero-order chi connectivity index (χ0) is 26.5. The number of benzene rings is 5. The number of nitrogens with one attached hydrogen (secondary N) is 1. The monoisotopic (exact) mass is 528 g/mol. The van der Waals surface area contributed by atoms with Gasteiger partial charge in [0, 0.05) is 18.3 Å². The average Bonchev–Trinajstić information content (AvgIpc) is 3.41. The van der Waals surface area contributed by atoms with Crippen LogP contribution in [0.4, 0.5) is 0 Å². The molecule has 2 unspecified atom stereocenters. The van der Waals surface area contributed by atoms with Crippen LogP contribution in [0.3, 0.4) is 0 Å². The van der Waals surface area contributed by atoms with E-state index in [0.29, 0.717) is 11.4 Å². The molecule has 196 valence electrons. The van der Waals surface area contributed by atoms with Gasteiger partial charge in [-0.05, 0) is 52.9 Å². The first kappa shape index (κ1) is 25.9. The topological polar surface area (TPSA) is 15.3 Å². The molecule has 1 heterocycles. The van der Waals surface area contributed by atoms with Gasteiger partial charge in [0.1, 0.15) is 0 Å². The lowest BCUT2D eigenvalue weighted by Gasteiger charge is -2.39. The van der Waals surface area contributed by atoms with Gasteiger partial charge in [0.2, 0.25) is 0 Å². The number of hydrogen-bond donors (Lipinski definition) is 1. The van der Waals surface area contributed by atoms with Crippen molar-refractivity contribution < 1.29 is 0 Å². The highest BCUT2D eigenvalue weighted by Crippen LogP contribution is 2.52. The molecule has 5 aromatic rings. The highest BCUT2D eigenvalue weighted by molar-refractivity contribution is 8.01. The van der Waals surface area contributed by atoms with Crippen molar-refractivity contribution in [2.24, 2.45) is 0 Å². The van der Waals surface area contributed by atoms with E-state index in [2.05, 4.69) is 162 Å². The van der Waals surface area contributed by atoms with Crippen molar-refractivity contribution in [3.05, 3.63) is 156 Å². The van der Waals surface area contributed by atoms with E-state index in [1.807, 2.05) is 0 Å². The van der Waals surface area contributed by atoms with Crippen LogP contribution < -0.4 is 5.32 Å². The van der Waals surface area contributed by atoms with Crippen molar-refractivity contribution in [3.63, 3.8) is 0 Å². The zero-order valence-corrected chi connectivity index (χ0v) is 23.4. The maximum absolute atomic E-state index is 3.72. The van der Waals surface area contributed by atoms with E-state index in [-0.39, 0.29) is 4.75 Å². The van der Waals surface area contributed by atoms with Gasteiger partial charge in [0.25, 0.3) is 0 Å². The highest BCUT2D eigenvalue weighted by atomic mass is 32.2. The highest BCUT2D eigenvalue weighted by Gasteiger charge is 2.44. The van der Waals surface area contributed by atoms with Crippen molar-refractivity contribution in [2.75, 3.05) is 20.1 Å². The SMILES string of the molecule is CNC1C(SC(c2ccccc2)(c2ccccc2)c2ccccc2)CCN1CCc1cccc2ccccc12. The average molecular weight is 529 g/mol. The summed E-state index contributed by atoms with van der Waals surface area (Å²) in [4.78, 5) is 2.66. The fourth-order valence-corrected chi connectivity index (χ4v) is 8.22. The Hall–Kier alpha value is -3.37. The van der Waals surface area contributed by atoms with Gasteiger partial charge in [0.15, 0.2) is 0 Å². The predicted molar refractivity (Wildman–Crippen MR) is 167 cm³/mol. The second kappa shape index (κ2) is 11.8. The van der Waals surface area contributed by atoms with E-state index in [0.717, 1.165) is 25.9 Å². The first-order valence-corrected chi connectivity index (χ1v) is 14.9. The smallest absolute Gasteiger partial charge is 0.0910 e. The van der Waals surface area contributed by atoms with Gasteiger partial charge in [-0.1, -0.05) is 133 Å². The van der Waals surface area contributed by atoms with Crippen molar-refractivity contribution in [2.45, 2.75) is 29.0 Å². The Kier molecular flexibility index (Phi) is 7.83. The normalized spacial score (nSPS) is 18.0. The summed E-state index contributed by atoms with van der Waals surface area (Å²) in [7, 11) is 2.13. The van der Waals surface area contributed by atoms with Crippen molar-refractivity contribution >= 4 is 22.5 Å². The molecular formula is C36H36N2S. The molecular weight excluding hydrogens is 492 g/mol. The number of nitrogens with zero attached hydrogens (tertiary/aromatic N) is 1. The molecule has 0 spiro atoms. The molecule has 3 heteroatoms. The maximum atomic E-state index is 3.72. The molecule has 5 aromatic carbocycles. The summed E-state index contributed by atoms with van der Waals surface area (Å²) >= 11 is 2.12. The molecule has 1 aliphatic rings. The Morgan fingerprint density at radius 3 is 1.82 bits per heavy atom. The van der Waals surface area contributed by atoms with Crippen molar-refractivity contribution in [1.82, 2.24) is 10.2 Å². The summed E-state index contributed by atoms with van der Waals surface area (Å²) in [5.41, 5.74) is 5.43. The summed E-state index contributed by atoms with van der Waals surface area (Å²) in [5.74, 6) is 0. The molecule has 0 radical (unpaired) electrons. The molecule has 39 heavy (non-hydrogen) atoms. The van der Waals surface area contributed by atoms with Gasteiger partial charge in [-0.3, -0.25) is 4.90 Å². The van der Waals surface area contributed by atoms with Crippen molar-refractivity contribution in [3.8, 4) is 0 Å². The van der Waals surface area contributed by atoms with Gasteiger partial charge in [-0.25, -0.2) is 0 Å². The Bertz CT molecular complexity index is 1380. The first-order valence-electron chi connectivity index (χ1n) is 14.0. The van der Waals surface area contributed by atoms with E-state index >= 15 is 0 Å². The minimum atomic E-state index is -0.296. The third-order valence-corrected chi connectivity index (χ3v) is 10.0. The van der Waals surface area contributed by atoms with Gasteiger partial charge in [-0.2, -0.15) is 0 Å². The molecule has 0 aliphatic carbocycles. The third-order valence-electron chi connectivity index (χ3n) is 8.16. The van der Waals surface area contributed by atoms with E-state index in [9.17, 15) is 0 Å². The fourth-order valence-electron chi connectivity index (χ4n) is 6.29. The number of rotatable bonds is 9. The minimum absolute atomic E-state index is 0.296. The summed E-state index contributed by atoms with van der Waals surface area (Å²) in [6, 6.07) is 48.7. The number of hydrogen-bond acceptors (Lipinski definition) is 3. The Morgan fingerprint density at radius 2 is 1.23 bits per heavy atom. The molecule has 2 nitrogen and oxygen atoms in total. The standard InChI is InChI=1S/C36H36N2S/c1-37-35-34(25-27-38(35)26-24-29-16-13-15-28-14-11-12-23-33(28)29)39-36(30-17-5-2-6-18-30,31-19-7-3-8-20-31)32-21-9-4-10-22-32/h2-23,34-35,37H,24-27H2,1H3. The molecule has 1 fully saturated rings. The second-order valence-electron chi connectivity index (χ2n) is 10.4. The summed E-state index contributed by atoms with van der Waals surface area (Å²) in [6.07, 6.45) is 2.51. The van der Waals surface area contributed by atoms with Crippen LogP contribution in [0.15, 0.2) is 133 Å². The largest absolute Gasteiger partial charge is 0.304 e. The van der Waals surface area contributed by atoms with Crippen LogP contribution in [0.5, 0.6) is 0 Å². The van der Waals surface area contributed by atoms with Crippen LogP contribution in [0.1, 0.15) is 28.7 Å². The molecule has 1 N–H and O–H groups in total. The molecule has 1 aliphatic heterocycles. The van der Waals surface area contributed by atoms with Gasteiger partial charge in [-0.15, -0.1) is 11.8 Å². The van der Waals surface area contributed by atoms with Crippen molar-refractivity contribution in [1.29, 1.82) is 0 Å². The van der Waals surface area contributed by atoms with E-state index < -0.39 is 0 Å². The summed E-state index contributed by atoms with van der Waals surface area (Å²) < 4.78 is -0.296. The first-order chi connectivity index (χ1) is 19.3. The lowest BCUT2D eigenvalue weighted by molar-refractivity contribution is 0.233. The van der Waals surface area contributed by atoms with Crippen LogP contribution >= 0.6 is 11.8 Å². The second-order valence-corrected chi connectivity index (χ2v) is 11.8.